The van der Waals surface area contributed by atoms with Gasteiger partial charge in [0, 0.05) is 19.2 Å². The molecule has 1 atom stereocenters. The van der Waals surface area contributed by atoms with E-state index in [0.29, 0.717) is 19.3 Å². The molecule has 0 radical (unpaired) electrons. The SMILES string of the molecule is Fc1cc2c(cc1Cl)NCC1COCCN21. The zero-order valence-corrected chi connectivity index (χ0v) is 9.43. The normalized spacial score (nSPS) is 23.4. The van der Waals surface area contributed by atoms with Gasteiger partial charge in [-0.05, 0) is 6.07 Å². The van der Waals surface area contributed by atoms with Gasteiger partial charge < -0.3 is 15.0 Å². The number of anilines is 2. The Labute approximate surface area is 98.1 Å². The minimum absolute atomic E-state index is 0.165. The molecule has 1 aromatic carbocycles. The molecule has 0 aliphatic carbocycles. The number of rotatable bonds is 0. The molecule has 3 rings (SSSR count). The molecule has 1 saturated heterocycles. The van der Waals surface area contributed by atoms with Crippen LogP contribution in [-0.2, 0) is 4.74 Å². The van der Waals surface area contributed by atoms with E-state index in [2.05, 4.69) is 10.2 Å². The van der Waals surface area contributed by atoms with Gasteiger partial charge in [0.25, 0.3) is 0 Å². The molecule has 1 unspecified atom stereocenters. The summed E-state index contributed by atoms with van der Waals surface area (Å²) in [7, 11) is 0. The second kappa shape index (κ2) is 3.79. The molecule has 3 nitrogen and oxygen atoms in total. The van der Waals surface area contributed by atoms with E-state index in [1.807, 2.05) is 0 Å². The van der Waals surface area contributed by atoms with Gasteiger partial charge in [0.15, 0.2) is 0 Å². The summed E-state index contributed by atoms with van der Waals surface area (Å²) in [4.78, 5) is 2.19. The third-order valence-corrected chi connectivity index (χ3v) is 3.39. The van der Waals surface area contributed by atoms with Crippen LogP contribution in [0.3, 0.4) is 0 Å². The minimum atomic E-state index is -0.366. The van der Waals surface area contributed by atoms with E-state index in [9.17, 15) is 4.39 Å². The van der Waals surface area contributed by atoms with E-state index in [1.165, 1.54) is 6.07 Å². The van der Waals surface area contributed by atoms with Crippen LogP contribution < -0.4 is 10.2 Å². The Morgan fingerprint density at radius 3 is 3.25 bits per heavy atom. The van der Waals surface area contributed by atoms with Crippen molar-refractivity contribution in [2.24, 2.45) is 0 Å². The van der Waals surface area contributed by atoms with E-state index in [0.717, 1.165) is 24.5 Å². The lowest BCUT2D eigenvalue weighted by atomic mass is 10.1. The number of fused-ring (bicyclic) bond motifs is 3. The fourth-order valence-electron chi connectivity index (χ4n) is 2.28. The molecule has 16 heavy (non-hydrogen) atoms. The Morgan fingerprint density at radius 2 is 2.38 bits per heavy atom. The molecule has 0 aromatic heterocycles. The molecule has 2 aliphatic heterocycles. The highest BCUT2D eigenvalue weighted by Crippen LogP contribution is 2.36. The van der Waals surface area contributed by atoms with Crippen molar-refractivity contribution in [3.63, 3.8) is 0 Å². The second-order valence-corrected chi connectivity index (χ2v) is 4.49. The monoisotopic (exact) mass is 242 g/mol. The van der Waals surface area contributed by atoms with Gasteiger partial charge in [-0.1, -0.05) is 11.6 Å². The molecular formula is C11H12ClFN2O. The zero-order chi connectivity index (χ0) is 11.1. The summed E-state index contributed by atoms with van der Waals surface area (Å²) >= 11 is 5.76. The molecular weight excluding hydrogens is 231 g/mol. The van der Waals surface area contributed by atoms with Gasteiger partial charge in [-0.25, -0.2) is 4.39 Å². The van der Waals surface area contributed by atoms with Gasteiger partial charge in [0.05, 0.1) is 35.7 Å². The smallest absolute Gasteiger partial charge is 0.144 e. The molecule has 2 heterocycles. The number of ether oxygens (including phenoxy) is 1. The first-order valence-electron chi connectivity index (χ1n) is 5.33. The van der Waals surface area contributed by atoms with Gasteiger partial charge in [-0.15, -0.1) is 0 Å². The van der Waals surface area contributed by atoms with E-state index in [1.54, 1.807) is 6.07 Å². The highest BCUT2D eigenvalue weighted by molar-refractivity contribution is 6.31. The average molecular weight is 243 g/mol. The molecule has 0 bridgehead atoms. The van der Waals surface area contributed by atoms with Crippen LogP contribution in [0.15, 0.2) is 12.1 Å². The number of nitrogens with one attached hydrogen (secondary N) is 1. The minimum Gasteiger partial charge on any atom is -0.381 e. The lowest BCUT2D eigenvalue weighted by Gasteiger charge is -2.42. The van der Waals surface area contributed by atoms with Crippen LogP contribution in [0.1, 0.15) is 0 Å². The van der Waals surface area contributed by atoms with Crippen LogP contribution in [0.4, 0.5) is 15.8 Å². The predicted octanol–water partition coefficient (Wildman–Crippen LogP) is 2.11. The number of nitrogens with zero attached hydrogens (tertiary/aromatic N) is 1. The van der Waals surface area contributed by atoms with Crippen LogP contribution in [0.25, 0.3) is 0 Å². The van der Waals surface area contributed by atoms with Crippen LogP contribution in [0, 0.1) is 5.82 Å². The molecule has 0 spiro atoms. The van der Waals surface area contributed by atoms with Gasteiger partial charge in [0.1, 0.15) is 5.82 Å². The van der Waals surface area contributed by atoms with Crippen molar-refractivity contribution in [2.75, 3.05) is 36.5 Å². The standard InChI is InChI=1S/C11H12ClFN2O/c12-8-3-10-11(4-9(8)13)15-1-2-16-6-7(15)5-14-10/h3-4,7,14H,1-2,5-6H2. The van der Waals surface area contributed by atoms with Gasteiger partial charge >= 0.3 is 0 Å². The maximum Gasteiger partial charge on any atom is 0.144 e. The number of hydrogen-bond donors (Lipinski definition) is 1. The first-order chi connectivity index (χ1) is 7.75. The Balaban J connectivity index is 2.04. The van der Waals surface area contributed by atoms with Crippen molar-refractivity contribution in [1.29, 1.82) is 0 Å². The molecule has 0 saturated carbocycles. The van der Waals surface area contributed by atoms with Crippen molar-refractivity contribution in [3.8, 4) is 0 Å². The first kappa shape index (κ1) is 10.2. The lowest BCUT2D eigenvalue weighted by molar-refractivity contribution is 0.0964. The summed E-state index contributed by atoms with van der Waals surface area (Å²) in [6.07, 6.45) is 0. The second-order valence-electron chi connectivity index (χ2n) is 4.09. The van der Waals surface area contributed by atoms with Gasteiger partial charge in [-0.2, -0.15) is 0 Å². The Morgan fingerprint density at radius 1 is 1.50 bits per heavy atom. The highest BCUT2D eigenvalue weighted by atomic mass is 35.5. The highest BCUT2D eigenvalue weighted by Gasteiger charge is 2.29. The van der Waals surface area contributed by atoms with E-state index < -0.39 is 0 Å². The first-order valence-corrected chi connectivity index (χ1v) is 5.71. The topological polar surface area (TPSA) is 24.5 Å². The Hall–Kier alpha value is -1.00. The van der Waals surface area contributed by atoms with Crippen molar-refractivity contribution in [2.45, 2.75) is 6.04 Å². The quantitative estimate of drug-likeness (QED) is 0.754. The van der Waals surface area contributed by atoms with Crippen LogP contribution in [0.2, 0.25) is 5.02 Å². The van der Waals surface area contributed by atoms with Crippen LogP contribution in [-0.4, -0.2) is 32.3 Å². The molecule has 0 amide bonds. The average Bonchev–Trinajstić information content (AvgIpc) is 2.31. The molecule has 1 fully saturated rings. The fraction of sp³-hybridized carbons (Fsp3) is 0.455. The molecule has 5 heteroatoms. The van der Waals surface area contributed by atoms with E-state index in [4.69, 9.17) is 16.3 Å². The van der Waals surface area contributed by atoms with Gasteiger partial charge in [0.2, 0.25) is 0 Å². The van der Waals surface area contributed by atoms with E-state index >= 15 is 0 Å². The van der Waals surface area contributed by atoms with Crippen molar-refractivity contribution < 1.29 is 9.13 Å². The summed E-state index contributed by atoms with van der Waals surface area (Å²) in [5, 5.41) is 3.42. The summed E-state index contributed by atoms with van der Waals surface area (Å²) in [6, 6.07) is 3.45. The number of hydrogen-bond acceptors (Lipinski definition) is 3. The zero-order valence-electron chi connectivity index (χ0n) is 8.67. The van der Waals surface area contributed by atoms with Gasteiger partial charge in [-0.3, -0.25) is 0 Å². The number of benzene rings is 1. The third kappa shape index (κ3) is 1.53. The molecule has 1 N–H and O–H groups in total. The maximum absolute atomic E-state index is 13.4. The summed E-state index contributed by atoms with van der Waals surface area (Å²) in [5.74, 6) is -0.366. The maximum atomic E-state index is 13.4. The lowest BCUT2D eigenvalue weighted by Crippen LogP contribution is -2.51. The Bertz CT molecular complexity index is 427. The van der Waals surface area contributed by atoms with E-state index in [-0.39, 0.29) is 10.8 Å². The molecule has 86 valence electrons. The third-order valence-electron chi connectivity index (χ3n) is 3.10. The summed E-state index contributed by atoms with van der Waals surface area (Å²) in [5.41, 5.74) is 1.80. The van der Waals surface area contributed by atoms with Crippen molar-refractivity contribution in [1.82, 2.24) is 0 Å². The fourth-order valence-corrected chi connectivity index (χ4v) is 2.45. The summed E-state index contributed by atoms with van der Waals surface area (Å²) in [6.45, 7) is 3.01. The molecule has 1 aromatic rings. The number of halogens is 2. The predicted molar refractivity (Wildman–Crippen MR) is 61.9 cm³/mol. The molecule has 2 aliphatic rings. The van der Waals surface area contributed by atoms with Crippen molar-refractivity contribution >= 4 is 23.0 Å². The summed E-state index contributed by atoms with van der Waals surface area (Å²) < 4.78 is 18.9. The largest absolute Gasteiger partial charge is 0.381 e. The van der Waals surface area contributed by atoms with Crippen LogP contribution >= 0.6 is 11.6 Å². The number of morpholine rings is 1. The van der Waals surface area contributed by atoms with Crippen LogP contribution in [0.5, 0.6) is 0 Å². The Kier molecular flexibility index (Phi) is 2.41. The van der Waals surface area contributed by atoms with Crippen molar-refractivity contribution in [3.05, 3.63) is 23.0 Å².